The fraction of sp³-hybridized carbons (Fsp3) is 0.429. The highest BCUT2D eigenvalue weighted by Crippen LogP contribution is 2.32. The molecule has 0 radical (unpaired) electrons. The van der Waals surface area contributed by atoms with E-state index in [0.29, 0.717) is 0 Å². The number of aromatic nitrogens is 2. The molecule has 0 saturated heterocycles. The molecule has 0 aliphatic heterocycles. The number of hydrogen-bond donors (Lipinski definition) is 1. The van der Waals surface area contributed by atoms with Crippen molar-refractivity contribution in [3.63, 3.8) is 0 Å². The first-order valence-electron chi connectivity index (χ1n) is 6.59. The number of rotatable bonds is 4. The second-order valence-corrected chi connectivity index (χ2v) is 4.95. The van der Waals surface area contributed by atoms with Gasteiger partial charge in [0, 0.05) is 5.56 Å². The minimum Gasteiger partial charge on any atom is -0.337 e. The molecule has 21 heavy (non-hydrogen) atoms. The van der Waals surface area contributed by atoms with E-state index in [1.54, 1.807) is 0 Å². The van der Waals surface area contributed by atoms with E-state index < -0.39 is 17.8 Å². The fourth-order valence-electron chi connectivity index (χ4n) is 1.82. The molecule has 0 saturated carbocycles. The average Bonchev–Trinajstić information content (AvgIpc) is 2.94. The Balaban J connectivity index is 2.30. The van der Waals surface area contributed by atoms with Gasteiger partial charge in [0.2, 0.25) is 11.7 Å². The Bertz CT molecular complexity index is 610. The van der Waals surface area contributed by atoms with E-state index in [4.69, 9.17) is 10.3 Å². The highest BCUT2D eigenvalue weighted by Gasteiger charge is 2.31. The molecule has 0 aliphatic carbocycles. The lowest BCUT2D eigenvalue weighted by atomic mass is 10.0. The van der Waals surface area contributed by atoms with Gasteiger partial charge < -0.3 is 10.3 Å². The maximum Gasteiger partial charge on any atom is 0.416 e. The highest BCUT2D eigenvalue weighted by atomic mass is 19.4. The summed E-state index contributed by atoms with van der Waals surface area (Å²) in [6, 6.07) is 4.36. The van der Waals surface area contributed by atoms with Crippen molar-refractivity contribution in [3.8, 4) is 11.4 Å². The van der Waals surface area contributed by atoms with Crippen LogP contribution in [-0.2, 0) is 6.18 Å². The Kier molecular flexibility index (Phi) is 4.32. The van der Waals surface area contributed by atoms with Crippen molar-refractivity contribution in [2.75, 3.05) is 0 Å². The zero-order valence-corrected chi connectivity index (χ0v) is 11.7. The van der Waals surface area contributed by atoms with Gasteiger partial charge in [-0.1, -0.05) is 37.6 Å². The summed E-state index contributed by atoms with van der Waals surface area (Å²) in [6.45, 7) is 3.92. The molecule has 0 aliphatic rings. The van der Waals surface area contributed by atoms with Crippen LogP contribution in [0.2, 0.25) is 0 Å². The molecule has 2 aromatic rings. The summed E-state index contributed by atoms with van der Waals surface area (Å²) < 4.78 is 43.1. The Labute approximate surface area is 120 Å². The van der Waals surface area contributed by atoms with E-state index in [0.717, 1.165) is 18.6 Å². The van der Waals surface area contributed by atoms with E-state index in [1.807, 2.05) is 13.8 Å². The van der Waals surface area contributed by atoms with E-state index in [1.165, 1.54) is 12.1 Å². The first-order chi connectivity index (χ1) is 9.82. The van der Waals surface area contributed by atoms with Gasteiger partial charge >= 0.3 is 6.18 Å². The number of alkyl halides is 3. The molecule has 2 N–H and O–H groups in total. The van der Waals surface area contributed by atoms with E-state index in [-0.39, 0.29) is 23.2 Å². The first-order valence-corrected chi connectivity index (χ1v) is 6.59. The van der Waals surface area contributed by atoms with Crippen molar-refractivity contribution in [1.29, 1.82) is 0 Å². The topological polar surface area (TPSA) is 64.9 Å². The summed E-state index contributed by atoms with van der Waals surface area (Å²) in [4.78, 5) is 4.10. The monoisotopic (exact) mass is 299 g/mol. The fourth-order valence-corrected chi connectivity index (χ4v) is 1.82. The molecule has 1 aromatic carbocycles. The van der Waals surface area contributed by atoms with E-state index in [2.05, 4.69) is 10.1 Å². The predicted molar refractivity (Wildman–Crippen MR) is 71.1 cm³/mol. The van der Waals surface area contributed by atoms with Crippen molar-refractivity contribution in [2.45, 2.75) is 32.5 Å². The summed E-state index contributed by atoms with van der Waals surface area (Å²) in [5.41, 5.74) is 5.46. The third-order valence-corrected chi connectivity index (χ3v) is 3.43. The Hall–Kier alpha value is -1.89. The molecule has 1 unspecified atom stereocenters. The first kappa shape index (κ1) is 15.5. The highest BCUT2D eigenvalue weighted by molar-refractivity contribution is 5.55. The smallest absolute Gasteiger partial charge is 0.337 e. The molecule has 0 amide bonds. The van der Waals surface area contributed by atoms with E-state index in [9.17, 15) is 13.2 Å². The largest absolute Gasteiger partial charge is 0.416 e. The number of halogens is 3. The zero-order chi connectivity index (χ0) is 15.6. The van der Waals surface area contributed by atoms with Gasteiger partial charge in [-0.25, -0.2) is 0 Å². The molecule has 114 valence electrons. The van der Waals surface area contributed by atoms with Gasteiger partial charge in [0.05, 0.1) is 11.6 Å². The molecule has 4 nitrogen and oxygen atoms in total. The van der Waals surface area contributed by atoms with Gasteiger partial charge in [-0.3, -0.25) is 0 Å². The van der Waals surface area contributed by atoms with Crippen LogP contribution in [-0.4, -0.2) is 10.1 Å². The Morgan fingerprint density at radius 3 is 2.67 bits per heavy atom. The van der Waals surface area contributed by atoms with Gasteiger partial charge in [-0.05, 0) is 18.1 Å². The predicted octanol–water partition coefficient (Wildman–Crippen LogP) is 3.80. The van der Waals surface area contributed by atoms with Gasteiger partial charge in [-0.15, -0.1) is 0 Å². The van der Waals surface area contributed by atoms with Crippen LogP contribution in [0.15, 0.2) is 28.8 Å². The molecular formula is C14H16F3N3O. The standard InChI is InChI=1S/C14H16F3N3O/c1-3-8(2)11(18)13-19-12(20-21-13)9-5-4-6-10(7-9)14(15,16)17/h4-8,11H,3,18H2,1-2H3/t8?,11-/m0/s1. The van der Waals surface area contributed by atoms with Crippen LogP contribution in [0.5, 0.6) is 0 Å². The minimum atomic E-state index is -4.41. The summed E-state index contributed by atoms with van der Waals surface area (Å²) in [7, 11) is 0. The number of hydrogen-bond acceptors (Lipinski definition) is 4. The van der Waals surface area contributed by atoms with Crippen molar-refractivity contribution in [2.24, 2.45) is 11.7 Å². The number of nitrogens with zero attached hydrogens (tertiary/aromatic N) is 2. The SMILES string of the molecule is CCC(C)[C@H](N)c1nc(-c2cccc(C(F)(F)F)c2)no1. The lowest BCUT2D eigenvalue weighted by Crippen LogP contribution is -2.18. The molecule has 1 aromatic heterocycles. The van der Waals surface area contributed by atoms with E-state index >= 15 is 0 Å². The van der Waals surface area contributed by atoms with Crippen LogP contribution in [0.3, 0.4) is 0 Å². The summed E-state index contributed by atoms with van der Waals surface area (Å²) in [6.07, 6.45) is -3.57. The van der Waals surface area contributed by atoms with Gasteiger partial charge in [0.15, 0.2) is 0 Å². The van der Waals surface area contributed by atoms with Gasteiger partial charge in [0.25, 0.3) is 0 Å². The number of nitrogens with two attached hydrogens (primary N) is 1. The number of benzene rings is 1. The zero-order valence-electron chi connectivity index (χ0n) is 11.7. The third-order valence-electron chi connectivity index (χ3n) is 3.43. The maximum atomic E-state index is 12.7. The average molecular weight is 299 g/mol. The summed E-state index contributed by atoms with van der Waals surface area (Å²) in [5, 5.41) is 3.71. The van der Waals surface area contributed by atoms with Gasteiger partial charge in [0.1, 0.15) is 0 Å². The lowest BCUT2D eigenvalue weighted by Gasteiger charge is -2.13. The second kappa shape index (κ2) is 5.85. The van der Waals surface area contributed by atoms with Gasteiger partial charge in [-0.2, -0.15) is 18.2 Å². The van der Waals surface area contributed by atoms with Crippen molar-refractivity contribution in [1.82, 2.24) is 10.1 Å². The molecular weight excluding hydrogens is 283 g/mol. The minimum absolute atomic E-state index is 0.106. The lowest BCUT2D eigenvalue weighted by molar-refractivity contribution is -0.137. The Morgan fingerprint density at radius 2 is 2.05 bits per heavy atom. The van der Waals surface area contributed by atoms with Crippen LogP contribution in [0.25, 0.3) is 11.4 Å². The molecule has 1 heterocycles. The maximum absolute atomic E-state index is 12.7. The quantitative estimate of drug-likeness (QED) is 0.932. The molecule has 2 rings (SSSR count). The third kappa shape index (κ3) is 3.41. The summed E-state index contributed by atoms with van der Waals surface area (Å²) >= 11 is 0. The Morgan fingerprint density at radius 1 is 1.33 bits per heavy atom. The van der Waals surface area contributed by atoms with Crippen molar-refractivity contribution < 1.29 is 17.7 Å². The second-order valence-electron chi connectivity index (χ2n) is 4.95. The normalized spacial score (nSPS) is 15.0. The molecule has 0 fully saturated rings. The molecule has 0 spiro atoms. The van der Waals surface area contributed by atoms with Crippen LogP contribution < -0.4 is 5.73 Å². The molecule has 7 heteroatoms. The van der Waals surface area contributed by atoms with Crippen molar-refractivity contribution in [3.05, 3.63) is 35.7 Å². The van der Waals surface area contributed by atoms with Crippen molar-refractivity contribution >= 4 is 0 Å². The molecule has 0 bridgehead atoms. The van der Waals surface area contributed by atoms with Crippen LogP contribution in [0, 0.1) is 5.92 Å². The van der Waals surface area contributed by atoms with Crippen LogP contribution in [0.4, 0.5) is 13.2 Å². The van der Waals surface area contributed by atoms with Crippen LogP contribution >= 0.6 is 0 Å². The summed E-state index contributed by atoms with van der Waals surface area (Å²) in [5.74, 6) is 0.478. The molecule has 2 atom stereocenters. The van der Waals surface area contributed by atoms with Crippen LogP contribution in [0.1, 0.15) is 37.8 Å².